The van der Waals surface area contributed by atoms with Crippen molar-refractivity contribution in [2.45, 2.75) is 18.2 Å². The van der Waals surface area contributed by atoms with Gasteiger partial charge in [0.15, 0.2) is 0 Å². The highest BCUT2D eigenvalue weighted by Crippen LogP contribution is 2.19. The fourth-order valence-electron chi connectivity index (χ4n) is 2.40. The summed E-state index contributed by atoms with van der Waals surface area (Å²) in [6, 6.07) is 6.41. The van der Waals surface area contributed by atoms with E-state index < -0.39 is 21.4 Å². The SMILES string of the molecule is CCc1nn(C)c(=O)c2cc(S(=O)(=O)Nc3cccc(F)c3)cn12. The molecule has 0 atom stereocenters. The van der Waals surface area contributed by atoms with Crippen molar-refractivity contribution in [1.82, 2.24) is 14.2 Å². The van der Waals surface area contributed by atoms with Gasteiger partial charge in [0, 0.05) is 19.7 Å². The van der Waals surface area contributed by atoms with Gasteiger partial charge in [-0.2, -0.15) is 5.10 Å². The number of fused-ring (bicyclic) bond motifs is 1. The molecule has 0 radical (unpaired) electrons. The van der Waals surface area contributed by atoms with Crippen molar-refractivity contribution in [3.05, 3.63) is 58.5 Å². The summed E-state index contributed by atoms with van der Waals surface area (Å²) in [5, 5.41) is 4.11. The normalized spacial score (nSPS) is 11.8. The minimum atomic E-state index is -3.96. The van der Waals surface area contributed by atoms with Crippen molar-refractivity contribution in [3.8, 4) is 0 Å². The van der Waals surface area contributed by atoms with Crippen molar-refractivity contribution in [2.24, 2.45) is 7.05 Å². The maximum Gasteiger partial charge on any atom is 0.290 e. The lowest BCUT2D eigenvalue weighted by Crippen LogP contribution is -2.23. The van der Waals surface area contributed by atoms with Crippen LogP contribution in [-0.4, -0.2) is 22.6 Å². The van der Waals surface area contributed by atoms with E-state index in [1.165, 1.54) is 46.6 Å². The average molecular weight is 350 g/mol. The lowest BCUT2D eigenvalue weighted by Gasteiger charge is -2.06. The Kier molecular flexibility index (Phi) is 3.88. The molecule has 0 fully saturated rings. The number of benzene rings is 1. The number of sulfonamides is 1. The van der Waals surface area contributed by atoms with Crippen LogP contribution >= 0.6 is 0 Å². The quantitative estimate of drug-likeness (QED) is 0.773. The Labute approximate surface area is 137 Å². The third-order valence-corrected chi connectivity index (χ3v) is 4.90. The zero-order chi connectivity index (χ0) is 17.5. The third kappa shape index (κ3) is 2.78. The summed E-state index contributed by atoms with van der Waals surface area (Å²) in [6.45, 7) is 1.85. The number of hydrogen-bond acceptors (Lipinski definition) is 4. The standard InChI is InChI=1S/C15H15FN4O3S/c1-3-14-17-19(2)15(21)13-8-12(9-20(13)14)24(22,23)18-11-6-4-5-10(16)7-11/h4-9,18H,3H2,1-2H3. The topological polar surface area (TPSA) is 85.5 Å². The van der Waals surface area contributed by atoms with Crippen LogP contribution in [0.2, 0.25) is 0 Å². The van der Waals surface area contributed by atoms with Gasteiger partial charge in [-0.1, -0.05) is 13.0 Å². The number of anilines is 1. The van der Waals surface area contributed by atoms with Crippen LogP contribution in [0.1, 0.15) is 12.7 Å². The third-order valence-electron chi connectivity index (χ3n) is 3.55. The lowest BCUT2D eigenvalue weighted by atomic mass is 10.3. The molecule has 24 heavy (non-hydrogen) atoms. The molecule has 1 aromatic carbocycles. The van der Waals surface area contributed by atoms with Crippen molar-refractivity contribution < 1.29 is 12.8 Å². The van der Waals surface area contributed by atoms with E-state index in [2.05, 4.69) is 9.82 Å². The Morgan fingerprint density at radius 1 is 1.29 bits per heavy atom. The van der Waals surface area contributed by atoms with Gasteiger partial charge in [0.1, 0.15) is 22.1 Å². The molecule has 126 valence electrons. The highest BCUT2D eigenvalue weighted by Gasteiger charge is 2.19. The molecule has 0 aliphatic carbocycles. The van der Waals surface area contributed by atoms with Crippen molar-refractivity contribution in [1.29, 1.82) is 0 Å². The summed E-state index contributed by atoms with van der Waals surface area (Å²) in [5.41, 5.74) is -0.0876. The molecule has 9 heteroatoms. The van der Waals surface area contributed by atoms with E-state index in [9.17, 15) is 17.6 Å². The molecular formula is C15H15FN4O3S. The first-order valence-corrected chi connectivity index (χ1v) is 8.67. The van der Waals surface area contributed by atoms with E-state index in [0.29, 0.717) is 12.2 Å². The predicted octanol–water partition coefficient (Wildman–Crippen LogP) is 1.54. The number of aryl methyl sites for hydroxylation is 2. The van der Waals surface area contributed by atoms with Crippen LogP contribution in [0.4, 0.5) is 10.1 Å². The highest BCUT2D eigenvalue weighted by molar-refractivity contribution is 7.92. The molecule has 0 bridgehead atoms. The van der Waals surface area contributed by atoms with Crippen molar-refractivity contribution in [2.75, 3.05) is 4.72 Å². The number of aromatic nitrogens is 3. The van der Waals surface area contributed by atoms with Crippen LogP contribution in [0.5, 0.6) is 0 Å². The molecule has 0 aliphatic heterocycles. The Morgan fingerprint density at radius 2 is 2.04 bits per heavy atom. The zero-order valence-corrected chi connectivity index (χ0v) is 13.8. The smallest absolute Gasteiger partial charge is 0.290 e. The fourth-order valence-corrected chi connectivity index (χ4v) is 3.47. The second kappa shape index (κ2) is 5.75. The second-order valence-electron chi connectivity index (χ2n) is 5.25. The van der Waals surface area contributed by atoms with Crippen LogP contribution in [0.3, 0.4) is 0 Å². The van der Waals surface area contributed by atoms with E-state index in [1.807, 2.05) is 6.92 Å². The first-order valence-electron chi connectivity index (χ1n) is 7.18. The molecule has 0 spiro atoms. The molecule has 0 aliphatic rings. The minimum Gasteiger partial charge on any atom is -0.297 e. The molecule has 2 heterocycles. The summed E-state index contributed by atoms with van der Waals surface area (Å²) in [4.78, 5) is 12.1. The van der Waals surface area contributed by atoms with E-state index in [1.54, 1.807) is 0 Å². The van der Waals surface area contributed by atoms with Gasteiger partial charge in [0.2, 0.25) is 0 Å². The number of hydrogen-bond donors (Lipinski definition) is 1. The zero-order valence-electron chi connectivity index (χ0n) is 13.0. The molecule has 3 rings (SSSR count). The molecule has 0 unspecified atom stereocenters. The Balaban J connectivity index is 2.12. The van der Waals surface area contributed by atoms with Crippen LogP contribution in [0, 0.1) is 5.82 Å². The van der Waals surface area contributed by atoms with Crippen LogP contribution < -0.4 is 10.3 Å². The van der Waals surface area contributed by atoms with Gasteiger partial charge in [-0.05, 0) is 24.3 Å². The number of rotatable bonds is 4. The van der Waals surface area contributed by atoms with Gasteiger partial charge in [0.05, 0.1) is 5.69 Å². The largest absolute Gasteiger partial charge is 0.297 e. The Bertz CT molecular complexity index is 1090. The molecular weight excluding hydrogens is 335 g/mol. The lowest BCUT2D eigenvalue weighted by molar-refractivity contribution is 0.601. The van der Waals surface area contributed by atoms with Gasteiger partial charge in [-0.3, -0.25) is 13.9 Å². The maximum absolute atomic E-state index is 13.2. The first-order chi connectivity index (χ1) is 11.3. The fraction of sp³-hybridized carbons (Fsp3) is 0.200. The number of nitrogens with one attached hydrogen (secondary N) is 1. The van der Waals surface area contributed by atoms with E-state index >= 15 is 0 Å². The van der Waals surface area contributed by atoms with Crippen LogP contribution in [0.25, 0.3) is 5.52 Å². The summed E-state index contributed by atoms with van der Waals surface area (Å²) in [5.74, 6) is 0.00267. The van der Waals surface area contributed by atoms with E-state index in [4.69, 9.17) is 0 Å². The molecule has 3 aromatic rings. The second-order valence-corrected chi connectivity index (χ2v) is 6.93. The highest BCUT2D eigenvalue weighted by atomic mass is 32.2. The minimum absolute atomic E-state index is 0.0911. The van der Waals surface area contributed by atoms with E-state index in [-0.39, 0.29) is 16.1 Å². The van der Waals surface area contributed by atoms with Gasteiger partial charge >= 0.3 is 0 Å². The molecule has 2 aromatic heterocycles. The number of nitrogens with zero attached hydrogens (tertiary/aromatic N) is 3. The van der Waals surface area contributed by atoms with Crippen molar-refractivity contribution >= 4 is 21.2 Å². The molecule has 0 amide bonds. The monoisotopic (exact) mass is 350 g/mol. The molecule has 0 saturated heterocycles. The predicted molar refractivity (Wildman–Crippen MR) is 87.0 cm³/mol. The van der Waals surface area contributed by atoms with Gasteiger partial charge < -0.3 is 0 Å². The molecule has 7 nitrogen and oxygen atoms in total. The van der Waals surface area contributed by atoms with E-state index in [0.717, 1.165) is 6.07 Å². The summed E-state index contributed by atoms with van der Waals surface area (Å²) in [7, 11) is -2.45. The van der Waals surface area contributed by atoms with Crippen LogP contribution in [-0.2, 0) is 23.5 Å². The molecule has 1 N–H and O–H groups in total. The summed E-state index contributed by atoms with van der Waals surface area (Å²) < 4.78 is 43.2. The first kappa shape index (κ1) is 16.2. The summed E-state index contributed by atoms with van der Waals surface area (Å²) in [6.07, 6.45) is 1.86. The maximum atomic E-state index is 13.2. The van der Waals surface area contributed by atoms with Crippen molar-refractivity contribution in [3.63, 3.8) is 0 Å². The number of halogens is 1. The average Bonchev–Trinajstić information content (AvgIpc) is 2.97. The Morgan fingerprint density at radius 3 is 2.71 bits per heavy atom. The Hall–Kier alpha value is -2.68. The van der Waals surface area contributed by atoms with Gasteiger partial charge in [-0.15, -0.1) is 0 Å². The van der Waals surface area contributed by atoms with Gasteiger partial charge in [-0.25, -0.2) is 17.5 Å². The van der Waals surface area contributed by atoms with Crippen LogP contribution in [0.15, 0.2) is 46.2 Å². The molecule has 0 saturated carbocycles. The summed E-state index contributed by atoms with van der Waals surface area (Å²) >= 11 is 0. The van der Waals surface area contributed by atoms with Gasteiger partial charge in [0.25, 0.3) is 15.6 Å².